The molecule has 3 heteroatoms. The number of hydrogen-bond acceptors (Lipinski definition) is 3. The van der Waals surface area contributed by atoms with Crippen molar-refractivity contribution in [2.45, 2.75) is 44.9 Å². The number of carbonyl (C=O) groups is 1. The van der Waals surface area contributed by atoms with Gasteiger partial charge in [0.2, 0.25) is 5.78 Å². The van der Waals surface area contributed by atoms with E-state index in [-0.39, 0.29) is 11.4 Å². The second-order valence-corrected chi connectivity index (χ2v) is 4.98. The minimum atomic E-state index is -0.0897. The van der Waals surface area contributed by atoms with Crippen LogP contribution in [0.2, 0.25) is 0 Å². The summed E-state index contributed by atoms with van der Waals surface area (Å²) in [6, 6.07) is 2.01. The van der Waals surface area contributed by atoms with Crippen LogP contribution in [-0.4, -0.2) is 24.8 Å². The third kappa shape index (κ3) is 4.75. The molecule has 0 atom stereocenters. The molecule has 0 bridgehead atoms. The van der Waals surface area contributed by atoms with E-state index < -0.39 is 0 Å². The summed E-state index contributed by atoms with van der Waals surface area (Å²) in [6.07, 6.45) is 11.3. The van der Waals surface area contributed by atoms with E-state index in [0.717, 1.165) is 31.3 Å². The average molecular weight is 246 g/mol. The van der Waals surface area contributed by atoms with Crippen molar-refractivity contribution in [1.82, 2.24) is 4.90 Å². The molecule has 0 saturated carbocycles. The van der Waals surface area contributed by atoms with Crippen LogP contribution in [0.1, 0.15) is 44.9 Å². The fourth-order valence-electron chi connectivity index (χ4n) is 2.14. The molecule has 0 N–H and O–H groups in total. The zero-order valence-corrected chi connectivity index (χ0v) is 11.4. The van der Waals surface area contributed by atoms with E-state index in [2.05, 4.69) is 0 Å². The summed E-state index contributed by atoms with van der Waals surface area (Å²) in [5, 5.41) is 9.06. The zero-order valence-electron chi connectivity index (χ0n) is 11.4. The van der Waals surface area contributed by atoms with E-state index >= 15 is 0 Å². The summed E-state index contributed by atoms with van der Waals surface area (Å²) in [5.41, 5.74) is 1.07. The molecule has 0 aromatic rings. The number of Topliss-reactive ketones (excluding diaryl/α,β-unsaturated/α-hetero) is 1. The maximum absolute atomic E-state index is 12.3. The summed E-state index contributed by atoms with van der Waals surface area (Å²) >= 11 is 0. The largest absolute Gasteiger partial charge is 0.382 e. The molecule has 0 amide bonds. The fourth-order valence-corrected chi connectivity index (χ4v) is 2.14. The predicted molar refractivity (Wildman–Crippen MR) is 72.8 cm³/mol. The molecule has 1 rings (SSSR count). The molecule has 0 saturated heterocycles. The van der Waals surface area contributed by atoms with Gasteiger partial charge in [-0.2, -0.15) is 5.26 Å². The Morgan fingerprint density at radius 2 is 1.94 bits per heavy atom. The fraction of sp³-hybridized carbons (Fsp3) is 0.600. The summed E-state index contributed by atoms with van der Waals surface area (Å²) < 4.78 is 0. The molecule has 0 heterocycles. The first-order valence-corrected chi connectivity index (χ1v) is 6.67. The van der Waals surface area contributed by atoms with Crippen LogP contribution in [-0.2, 0) is 4.79 Å². The SMILES string of the molecule is CN(C)/C=C(\C#N)C(=O)/C1=C/CCCCCCC1. The van der Waals surface area contributed by atoms with Gasteiger partial charge in [-0.15, -0.1) is 0 Å². The molecule has 0 aromatic heterocycles. The van der Waals surface area contributed by atoms with Crippen LogP contribution in [0.15, 0.2) is 23.4 Å². The second kappa shape index (κ2) is 7.71. The van der Waals surface area contributed by atoms with E-state index in [9.17, 15) is 4.79 Å². The molecule has 0 aliphatic heterocycles. The first kappa shape index (κ1) is 14.5. The number of nitriles is 1. The van der Waals surface area contributed by atoms with Crippen LogP contribution in [0.25, 0.3) is 0 Å². The number of hydrogen-bond donors (Lipinski definition) is 0. The summed E-state index contributed by atoms with van der Waals surface area (Å²) in [4.78, 5) is 14.0. The highest BCUT2D eigenvalue weighted by atomic mass is 16.1. The molecule has 0 aromatic carbocycles. The molecular formula is C15H22N2O. The first-order chi connectivity index (χ1) is 8.65. The Hall–Kier alpha value is -1.56. The highest BCUT2D eigenvalue weighted by Crippen LogP contribution is 2.19. The Morgan fingerprint density at radius 1 is 1.28 bits per heavy atom. The molecule has 0 fully saturated rings. The number of carbonyl (C=O) groups excluding carboxylic acids is 1. The second-order valence-electron chi connectivity index (χ2n) is 4.98. The topological polar surface area (TPSA) is 44.1 Å². The van der Waals surface area contributed by atoms with Gasteiger partial charge in [0, 0.05) is 20.3 Å². The number of ketones is 1. The molecule has 1 aliphatic carbocycles. The molecule has 1 aliphatic rings. The highest BCUT2D eigenvalue weighted by Gasteiger charge is 2.15. The minimum absolute atomic E-state index is 0.0897. The normalized spacial score (nSPS) is 20.7. The van der Waals surface area contributed by atoms with Gasteiger partial charge in [-0.05, 0) is 31.3 Å². The molecular weight excluding hydrogens is 224 g/mol. The van der Waals surface area contributed by atoms with Crippen molar-refractivity contribution in [3.8, 4) is 6.07 Å². The molecule has 18 heavy (non-hydrogen) atoms. The molecule has 98 valence electrons. The predicted octanol–water partition coefficient (Wildman–Crippen LogP) is 3.20. The monoisotopic (exact) mass is 246 g/mol. The zero-order chi connectivity index (χ0) is 13.4. The standard InChI is InChI=1S/C15H22N2O/c1-17(2)12-14(11-16)15(18)13-9-7-5-3-4-6-8-10-13/h9,12H,3-8,10H2,1-2H3/b13-9+,14-12+. The van der Waals surface area contributed by atoms with Gasteiger partial charge in [0.25, 0.3) is 0 Å². The molecule has 0 unspecified atom stereocenters. The Labute approximate surface area is 110 Å². The van der Waals surface area contributed by atoms with E-state index in [1.165, 1.54) is 19.3 Å². The van der Waals surface area contributed by atoms with Gasteiger partial charge in [0.05, 0.1) is 0 Å². The van der Waals surface area contributed by atoms with Gasteiger partial charge in [-0.1, -0.05) is 25.3 Å². The summed E-state index contributed by atoms with van der Waals surface area (Å²) in [6.45, 7) is 0. The van der Waals surface area contributed by atoms with Crippen LogP contribution in [0.5, 0.6) is 0 Å². The van der Waals surface area contributed by atoms with Crippen molar-refractivity contribution in [3.05, 3.63) is 23.4 Å². The van der Waals surface area contributed by atoms with Crippen molar-refractivity contribution >= 4 is 5.78 Å². The Balaban J connectivity index is 2.82. The van der Waals surface area contributed by atoms with Crippen LogP contribution >= 0.6 is 0 Å². The maximum Gasteiger partial charge on any atom is 0.200 e. The quantitative estimate of drug-likeness (QED) is 0.567. The Kier molecular flexibility index (Phi) is 6.21. The van der Waals surface area contributed by atoms with Crippen molar-refractivity contribution < 1.29 is 4.79 Å². The number of allylic oxidation sites excluding steroid dienone is 3. The van der Waals surface area contributed by atoms with Gasteiger partial charge < -0.3 is 4.90 Å². The maximum atomic E-state index is 12.3. The van der Waals surface area contributed by atoms with Crippen LogP contribution < -0.4 is 0 Å². The molecule has 3 nitrogen and oxygen atoms in total. The van der Waals surface area contributed by atoms with E-state index in [1.807, 2.05) is 26.2 Å². The Morgan fingerprint density at radius 3 is 2.61 bits per heavy atom. The van der Waals surface area contributed by atoms with Crippen LogP contribution in [0.3, 0.4) is 0 Å². The van der Waals surface area contributed by atoms with E-state index in [0.29, 0.717) is 0 Å². The smallest absolute Gasteiger partial charge is 0.200 e. The van der Waals surface area contributed by atoms with E-state index in [4.69, 9.17) is 5.26 Å². The van der Waals surface area contributed by atoms with E-state index in [1.54, 1.807) is 11.1 Å². The molecule has 0 radical (unpaired) electrons. The average Bonchev–Trinajstić information content (AvgIpc) is 2.48. The van der Waals surface area contributed by atoms with Crippen LogP contribution in [0, 0.1) is 11.3 Å². The Bertz CT molecular complexity index is 386. The number of nitrogens with zero attached hydrogens (tertiary/aromatic N) is 2. The third-order valence-corrected chi connectivity index (χ3v) is 3.09. The van der Waals surface area contributed by atoms with Gasteiger partial charge >= 0.3 is 0 Å². The lowest BCUT2D eigenvalue weighted by Gasteiger charge is -2.08. The van der Waals surface area contributed by atoms with Gasteiger partial charge in [0.15, 0.2) is 0 Å². The highest BCUT2D eigenvalue weighted by molar-refractivity contribution is 6.10. The summed E-state index contributed by atoms with van der Waals surface area (Å²) in [5.74, 6) is -0.0897. The van der Waals surface area contributed by atoms with Gasteiger partial charge in [0.1, 0.15) is 11.6 Å². The van der Waals surface area contributed by atoms with Gasteiger partial charge in [-0.3, -0.25) is 4.79 Å². The third-order valence-electron chi connectivity index (χ3n) is 3.09. The molecule has 0 spiro atoms. The van der Waals surface area contributed by atoms with Gasteiger partial charge in [-0.25, -0.2) is 0 Å². The van der Waals surface area contributed by atoms with Crippen molar-refractivity contribution in [2.24, 2.45) is 0 Å². The minimum Gasteiger partial charge on any atom is -0.382 e. The van der Waals surface area contributed by atoms with Crippen molar-refractivity contribution in [3.63, 3.8) is 0 Å². The first-order valence-electron chi connectivity index (χ1n) is 6.67. The van der Waals surface area contributed by atoms with Crippen molar-refractivity contribution in [2.75, 3.05) is 14.1 Å². The van der Waals surface area contributed by atoms with Crippen LogP contribution in [0.4, 0.5) is 0 Å². The lowest BCUT2D eigenvalue weighted by atomic mass is 9.99. The lowest BCUT2D eigenvalue weighted by Crippen LogP contribution is -2.10. The summed E-state index contributed by atoms with van der Waals surface area (Å²) in [7, 11) is 3.64. The number of rotatable bonds is 3. The lowest BCUT2D eigenvalue weighted by molar-refractivity contribution is -0.112. The van der Waals surface area contributed by atoms with Crippen molar-refractivity contribution in [1.29, 1.82) is 5.26 Å².